The summed E-state index contributed by atoms with van der Waals surface area (Å²) in [5.41, 5.74) is 6.67. The number of nitrogen functional groups attached to an aromatic ring is 1. The number of methoxy groups -OCH3 is 1. The van der Waals surface area contributed by atoms with Crippen molar-refractivity contribution in [3.05, 3.63) is 40.4 Å². The number of esters is 1. The highest BCUT2D eigenvalue weighted by Gasteiger charge is 2.14. The molecule has 0 spiro atoms. The molecule has 0 aliphatic heterocycles. The molecule has 2 aromatic carbocycles. The number of hydrogen-bond acceptors (Lipinski definition) is 3. The fourth-order valence-electron chi connectivity index (χ4n) is 1.60. The summed E-state index contributed by atoms with van der Waals surface area (Å²) in [6.07, 6.45) is 0. The normalized spacial score (nSPS) is 10.4. The van der Waals surface area contributed by atoms with Gasteiger partial charge in [0.1, 0.15) is 0 Å². The van der Waals surface area contributed by atoms with E-state index in [4.69, 9.17) is 5.73 Å². The number of halogens is 1. The molecule has 3 nitrogen and oxygen atoms in total. The van der Waals surface area contributed by atoms with Crippen molar-refractivity contribution in [2.45, 2.75) is 0 Å². The van der Waals surface area contributed by atoms with Gasteiger partial charge in [0.05, 0.1) is 18.4 Å². The summed E-state index contributed by atoms with van der Waals surface area (Å²) in [6, 6.07) is 9.43. The summed E-state index contributed by atoms with van der Waals surface area (Å²) >= 11 is 3.40. The van der Waals surface area contributed by atoms with Gasteiger partial charge in [-0.1, -0.05) is 24.3 Å². The summed E-state index contributed by atoms with van der Waals surface area (Å²) in [5.74, 6) is -0.427. The minimum atomic E-state index is -0.427. The Morgan fingerprint density at radius 3 is 2.75 bits per heavy atom. The van der Waals surface area contributed by atoms with Gasteiger partial charge in [0.15, 0.2) is 0 Å². The van der Waals surface area contributed by atoms with Crippen LogP contribution in [-0.4, -0.2) is 13.1 Å². The van der Waals surface area contributed by atoms with Gasteiger partial charge in [-0.15, -0.1) is 0 Å². The van der Waals surface area contributed by atoms with Crippen molar-refractivity contribution >= 4 is 38.4 Å². The third kappa shape index (κ3) is 1.65. The largest absolute Gasteiger partial charge is 0.465 e. The molecule has 0 bridgehead atoms. The van der Waals surface area contributed by atoms with Crippen molar-refractivity contribution in [3.63, 3.8) is 0 Å². The lowest BCUT2D eigenvalue weighted by Crippen LogP contribution is -2.06. The number of fused-ring (bicyclic) bond motifs is 1. The first-order chi connectivity index (χ1) is 7.65. The van der Waals surface area contributed by atoms with Gasteiger partial charge < -0.3 is 10.5 Å². The Morgan fingerprint density at radius 2 is 2.06 bits per heavy atom. The van der Waals surface area contributed by atoms with Crippen LogP contribution in [0.4, 0.5) is 5.69 Å². The molecule has 0 amide bonds. The first-order valence-corrected chi connectivity index (χ1v) is 5.49. The maximum Gasteiger partial charge on any atom is 0.340 e. The maximum absolute atomic E-state index is 11.5. The number of nitrogens with two attached hydrogens (primary N) is 1. The molecule has 0 saturated heterocycles. The number of rotatable bonds is 1. The number of carbonyl (C=O) groups is 1. The summed E-state index contributed by atoms with van der Waals surface area (Å²) in [6.45, 7) is 0. The van der Waals surface area contributed by atoms with Crippen LogP contribution < -0.4 is 5.73 Å². The average molecular weight is 280 g/mol. The third-order valence-corrected chi connectivity index (χ3v) is 3.28. The van der Waals surface area contributed by atoms with Gasteiger partial charge in [0.2, 0.25) is 0 Å². The zero-order valence-electron chi connectivity index (χ0n) is 8.66. The molecule has 16 heavy (non-hydrogen) atoms. The van der Waals surface area contributed by atoms with E-state index in [0.29, 0.717) is 11.3 Å². The molecule has 0 heterocycles. The van der Waals surface area contributed by atoms with Crippen molar-refractivity contribution in [1.29, 1.82) is 0 Å². The van der Waals surface area contributed by atoms with Gasteiger partial charge >= 0.3 is 5.97 Å². The van der Waals surface area contributed by atoms with E-state index >= 15 is 0 Å². The molecular weight excluding hydrogens is 270 g/mol. The molecule has 0 unspecified atom stereocenters. The van der Waals surface area contributed by atoms with Gasteiger partial charge in [-0.3, -0.25) is 0 Å². The molecule has 2 rings (SSSR count). The zero-order chi connectivity index (χ0) is 11.7. The number of benzene rings is 2. The van der Waals surface area contributed by atoms with Crippen molar-refractivity contribution < 1.29 is 9.53 Å². The molecule has 0 aliphatic carbocycles. The lowest BCUT2D eigenvalue weighted by Gasteiger charge is -2.09. The van der Waals surface area contributed by atoms with Crippen LogP contribution >= 0.6 is 15.9 Å². The number of carbonyl (C=O) groups excluding carboxylic acids is 1. The molecular formula is C12H10BrNO2. The first kappa shape index (κ1) is 11.0. The van der Waals surface area contributed by atoms with Crippen molar-refractivity contribution in [2.75, 3.05) is 12.8 Å². The Balaban J connectivity index is 2.78. The molecule has 0 fully saturated rings. The molecule has 2 N–H and O–H groups in total. The van der Waals surface area contributed by atoms with E-state index in [9.17, 15) is 4.79 Å². The Hall–Kier alpha value is -1.55. The molecule has 0 atom stereocenters. The average Bonchev–Trinajstić information content (AvgIpc) is 2.33. The maximum atomic E-state index is 11.5. The number of ether oxygens (including phenoxy) is 1. The highest BCUT2D eigenvalue weighted by Crippen LogP contribution is 2.32. The Bertz CT molecular complexity index is 566. The summed E-state index contributed by atoms with van der Waals surface area (Å²) in [5, 5.41) is 1.93. The van der Waals surface area contributed by atoms with Crippen molar-refractivity contribution in [1.82, 2.24) is 0 Å². The van der Waals surface area contributed by atoms with Crippen LogP contribution in [-0.2, 0) is 4.74 Å². The fourth-order valence-corrected chi connectivity index (χ4v) is 2.17. The standard InChI is InChI=1S/C12H10BrNO2/c1-16-12(15)9-6-7-4-2-3-5-8(7)10(13)11(9)14/h2-6H,14H2,1H3. The Morgan fingerprint density at radius 1 is 1.38 bits per heavy atom. The number of anilines is 1. The first-order valence-electron chi connectivity index (χ1n) is 4.70. The van der Waals surface area contributed by atoms with Crippen LogP contribution in [0.3, 0.4) is 0 Å². The van der Waals surface area contributed by atoms with E-state index in [2.05, 4.69) is 20.7 Å². The van der Waals surface area contributed by atoms with Crippen LogP contribution in [0, 0.1) is 0 Å². The second-order valence-electron chi connectivity index (χ2n) is 3.36. The fraction of sp³-hybridized carbons (Fsp3) is 0.0833. The molecule has 0 aromatic heterocycles. The van der Waals surface area contributed by atoms with Gasteiger partial charge in [0.25, 0.3) is 0 Å². The minimum Gasteiger partial charge on any atom is -0.465 e. The van der Waals surface area contributed by atoms with Crippen LogP contribution in [0.2, 0.25) is 0 Å². The quantitative estimate of drug-likeness (QED) is 0.645. The highest BCUT2D eigenvalue weighted by atomic mass is 79.9. The predicted octanol–water partition coefficient (Wildman–Crippen LogP) is 2.97. The van der Waals surface area contributed by atoms with E-state index in [-0.39, 0.29) is 0 Å². The summed E-state index contributed by atoms with van der Waals surface area (Å²) in [7, 11) is 1.34. The van der Waals surface area contributed by atoms with E-state index in [1.807, 2.05) is 24.3 Å². The lowest BCUT2D eigenvalue weighted by atomic mass is 10.1. The molecule has 2 aromatic rings. The van der Waals surface area contributed by atoms with Gasteiger partial charge in [-0.25, -0.2) is 4.79 Å². The Kier molecular flexibility index (Phi) is 2.83. The van der Waals surface area contributed by atoms with Gasteiger partial charge in [-0.2, -0.15) is 0 Å². The van der Waals surface area contributed by atoms with E-state index in [1.54, 1.807) is 6.07 Å². The smallest absolute Gasteiger partial charge is 0.340 e. The lowest BCUT2D eigenvalue weighted by molar-refractivity contribution is 0.0602. The second-order valence-corrected chi connectivity index (χ2v) is 4.16. The van der Waals surface area contributed by atoms with Crippen LogP contribution in [0.15, 0.2) is 34.8 Å². The highest BCUT2D eigenvalue weighted by molar-refractivity contribution is 9.10. The minimum absolute atomic E-state index is 0.382. The van der Waals surface area contributed by atoms with Crippen molar-refractivity contribution in [2.24, 2.45) is 0 Å². The Labute approximate surface area is 101 Å². The molecule has 82 valence electrons. The summed E-state index contributed by atoms with van der Waals surface area (Å²) in [4.78, 5) is 11.5. The van der Waals surface area contributed by atoms with Crippen LogP contribution in [0.5, 0.6) is 0 Å². The predicted molar refractivity (Wildman–Crippen MR) is 67.4 cm³/mol. The topological polar surface area (TPSA) is 52.3 Å². The molecule has 0 aliphatic rings. The zero-order valence-corrected chi connectivity index (χ0v) is 10.2. The van der Waals surface area contributed by atoms with E-state index in [1.165, 1.54) is 7.11 Å². The van der Waals surface area contributed by atoms with Crippen molar-refractivity contribution in [3.8, 4) is 0 Å². The third-order valence-electron chi connectivity index (χ3n) is 2.43. The van der Waals surface area contributed by atoms with Crippen LogP contribution in [0.25, 0.3) is 10.8 Å². The van der Waals surface area contributed by atoms with E-state index < -0.39 is 5.97 Å². The summed E-state index contributed by atoms with van der Waals surface area (Å²) < 4.78 is 5.41. The molecule has 4 heteroatoms. The van der Waals surface area contributed by atoms with E-state index in [0.717, 1.165) is 15.2 Å². The van der Waals surface area contributed by atoms with Gasteiger partial charge in [-0.05, 0) is 32.8 Å². The second kappa shape index (κ2) is 4.14. The molecule has 0 radical (unpaired) electrons. The van der Waals surface area contributed by atoms with Crippen LogP contribution in [0.1, 0.15) is 10.4 Å². The molecule has 0 saturated carbocycles. The SMILES string of the molecule is COC(=O)c1cc2ccccc2c(Br)c1N. The van der Waals surface area contributed by atoms with Gasteiger partial charge in [0, 0.05) is 4.47 Å². The number of hydrogen-bond donors (Lipinski definition) is 1. The monoisotopic (exact) mass is 279 g/mol.